The molecule has 0 saturated carbocycles. The molecular formula is C36H48O3Si2. The second-order valence-corrected chi connectivity index (χ2v) is 23.2. The molecule has 0 heterocycles. The summed E-state index contributed by atoms with van der Waals surface area (Å²) in [5, 5.41) is 3.87. The summed E-state index contributed by atoms with van der Waals surface area (Å²) in [6, 6.07) is 30.9. The number of benzene rings is 3. The van der Waals surface area contributed by atoms with Gasteiger partial charge in [0, 0.05) is 5.57 Å². The fourth-order valence-corrected chi connectivity index (χ4v) is 12.2. The van der Waals surface area contributed by atoms with Crippen molar-refractivity contribution in [1.82, 2.24) is 0 Å². The molecule has 3 rings (SSSR count). The SMILES string of the molecule is CC(=C=C(C)[Si](c1ccccc1)(c1ccccc1)C(C)(C)C)[C@H](CO[Si](C)(C)C(C)(C)C)OC(=O)c1ccccc1. The lowest BCUT2D eigenvalue weighted by atomic mass is 10.2. The summed E-state index contributed by atoms with van der Waals surface area (Å²) in [7, 11) is -4.63. The van der Waals surface area contributed by atoms with Crippen molar-refractivity contribution in [3.63, 3.8) is 0 Å². The van der Waals surface area contributed by atoms with E-state index in [2.05, 4.69) is 128 Å². The van der Waals surface area contributed by atoms with Gasteiger partial charge in [-0.25, -0.2) is 4.79 Å². The number of hydrogen-bond donors (Lipinski definition) is 0. The quantitative estimate of drug-likeness (QED) is 0.144. The van der Waals surface area contributed by atoms with E-state index >= 15 is 0 Å². The summed E-state index contributed by atoms with van der Waals surface area (Å²) in [5.74, 6) is -0.348. The first-order chi connectivity index (χ1) is 19.1. The molecule has 41 heavy (non-hydrogen) atoms. The van der Waals surface area contributed by atoms with Gasteiger partial charge in [0.05, 0.1) is 12.2 Å². The van der Waals surface area contributed by atoms with Crippen LogP contribution in [0.15, 0.2) is 107 Å². The highest BCUT2D eigenvalue weighted by Gasteiger charge is 2.49. The Balaban J connectivity index is 2.21. The van der Waals surface area contributed by atoms with Crippen molar-refractivity contribution in [2.24, 2.45) is 0 Å². The largest absolute Gasteiger partial charge is 0.451 e. The predicted molar refractivity (Wildman–Crippen MR) is 178 cm³/mol. The molecule has 0 fully saturated rings. The zero-order valence-corrected chi connectivity index (χ0v) is 28.7. The van der Waals surface area contributed by atoms with Gasteiger partial charge in [0.25, 0.3) is 0 Å². The number of ether oxygens (including phenoxy) is 1. The molecule has 0 aromatic heterocycles. The average molecular weight is 585 g/mol. The van der Waals surface area contributed by atoms with Crippen LogP contribution in [0.2, 0.25) is 23.2 Å². The van der Waals surface area contributed by atoms with Gasteiger partial charge < -0.3 is 9.16 Å². The van der Waals surface area contributed by atoms with Crippen LogP contribution in [0.1, 0.15) is 65.7 Å². The summed E-state index contributed by atoms with van der Waals surface area (Å²) in [5.41, 5.74) is 5.22. The van der Waals surface area contributed by atoms with Crippen LogP contribution in [0.4, 0.5) is 0 Å². The van der Waals surface area contributed by atoms with Gasteiger partial charge in [-0.3, -0.25) is 0 Å². The Labute approximate surface area is 250 Å². The third kappa shape index (κ3) is 7.28. The number of carbonyl (C=O) groups excluding carboxylic acids is 1. The zero-order chi connectivity index (χ0) is 30.5. The van der Waals surface area contributed by atoms with Gasteiger partial charge in [0.1, 0.15) is 0 Å². The zero-order valence-electron chi connectivity index (χ0n) is 26.7. The molecule has 3 nitrogen and oxygen atoms in total. The third-order valence-electron chi connectivity index (χ3n) is 8.63. The average Bonchev–Trinajstić information content (AvgIpc) is 2.91. The van der Waals surface area contributed by atoms with Crippen molar-refractivity contribution < 1.29 is 14.0 Å². The molecule has 3 aromatic rings. The molecule has 0 N–H and O–H groups in total. The second-order valence-electron chi connectivity index (χ2n) is 13.5. The number of rotatable bonds is 9. The van der Waals surface area contributed by atoms with Gasteiger partial charge in [-0.1, -0.05) is 120 Å². The molecule has 0 amide bonds. The van der Waals surface area contributed by atoms with Crippen LogP contribution in [-0.4, -0.2) is 35.1 Å². The van der Waals surface area contributed by atoms with Gasteiger partial charge in [-0.2, -0.15) is 0 Å². The van der Waals surface area contributed by atoms with Gasteiger partial charge in [0.15, 0.2) is 22.5 Å². The number of esters is 1. The van der Waals surface area contributed by atoms with Gasteiger partial charge >= 0.3 is 5.97 Å². The highest BCUT2D eigenvalue weighted by atomic mass is 28.4. The monoisotopic (exact) mass is 584 g/mol. The second kappa shape index (κ2) is 12.9. The normalized spacial score (nSPS) is 13.2. The van der Waals surface area contributed by atoms with E-state index in [1.807, 2.05) is 25.1 Å². The molecule has 0 saturated heterocycles. The van der Waals surface area contributed by atoms with Crippen molar-refractivity contribution in [3.05, 3.63) is 113 Å². The molecule has 5 heteroatoms. The van der Waals surface area contributed by atoms with Gasteiger partial charge in [0.2, 0.25) is 0 Å². The van der Waals surface area contributed by atoms with E-state index in [-0.39, 0.29) is 16.0 Å². The molecule has 0 radical (unpaired) electrons. The predicted octanol–water partition coefficient (Wildman–Crippen LogP) is 8.33. The fraction of sp³-hybridized carbons (Fsp3) is 0.389. The molecule has 1 atom stereocenters. The summed E-state index contributed by atoms with van der Waals surface area (Å²) >= 11 is 0. The minimum absolute atomic E-state index is 0.0410. The van der Waals surface area contributed by atoms with Crippen molar-refractivity contribution in [2.45, 2.75) is 84.7 Å². The molecule has 0 bridgehead atoms. The Bertz CT molecular complexity index is 1320. The van der Waals surface area contributed by atoms with Crippen LogP contribution in [0.5, 0.6) is 0 Å². The van der Waals surface area contributed by atoms with E-state index in [0.717, 1.165) is 5.57 Å². The maximum absolute atomic E-state index is 13.3. The van der Waals surface area contributed by atoms with Crippen molar-refractivity contribution in [2.75, 3.05) is 6.61 Å². The molecule has 0 unspecified atom stereocenters. The topological polar surface area (TPSA) is 35.5 Å². The Kier molecular flexibility index (Phi) is 10.3. The summed E-state index contributed by atoms with van der Waals surface area (Å²) in [6.07, 6.45) is -0.551. The van der Waals surface area contributed by atoms with Gasteiger partial charge in [-0.15, -0.1) is 5.73 Å². The Hall–Kier alpha value is -2.96. The first-order valence-electron chi connectivity index (χ1n) is 14.6. The van der Waals surface area contributed by atoms with Crippen LogP contribution in [0.3, 0.4) is 0 Å². The molecule has 0 aliphatic rings. The Morgan fingerprint density at radius 1 is 0.732 bits per heavy atom. The molecule has 218 valence electrons. The lowest BCUT2D eigenvalue weighted by molar-refractivity contribution is 0.0257. The van der Waals surface area contributed by atoms with Crippen LogP contribution in [-0.2, 0) is 9.16 Å². The van der Waals surface area contributed by atoms with E-state index in [1.54, 1.807) is 12.1 Å². The van der Waals surface area contributed by atoms with Crippen molar-refractivity contribution >= 4 is 32.7 Å². The highest BCUT2D eigenvalue weighted by Crippen LogP contribution is 2.40. The lowest BCUT2D eigenvalue weighted by Gasteiger charge is -2.44. The van der Waals surface area contributed by atoms with E-state index in [1.165, 1.54) is 15.6 Å². The molecule has 0 aliphatic carbocycles. The van der Waals surface area contributed by atoms with E-state index < -0.39 is 22.5 Å². The lowest BCUT2D eigenvalue weighted by Crippen LogP contribution is -2.65. The fourth-order valence-electron chi connectivity index (χ4n) is 5.39. The maximum atomic E-state index is 13.3. The molecular weight excluding hydrogens is 537 g/mol. The van der Waals surface area contributed by atoms with Crippen molar-refractivity contribution in [1.29, 1.82) is 0 Å². The highest BCUT2D eigenvalue weighted by molar-refractivity contribution is 7.09. The van der Waals surface area contributed by atoms with Gasteiger partial charge in [-0.05, 0) is 64.7 Å². The molecule has 0 aliphatic heterocycles. The first-order valence-corrected chi connectivity index (χ1v) is 19.5. The Morgan fingerprint density at radius 3 is 1.59 bits per heavy atom. The van der Waals surface area contributed by atoms with Crippen LogP contribution in [0.25, 0.3) is 0 Å². The van der Waals surface area contributed by atoms with E-state index in [4.69, 9.17) is 9.16 Å². The third-order valence-corrected chi connectivity index (χ3v) is 19.0. The molecule has 0 spiro atoms. The Morgan fingerprint density at radius 2 is 1.17 bits per heavy atom. The summed E-state index contributed by atoms with van der Waals surface area (Å²) < 4.78 is 12.8. The molecule has 3 aromatic carbocycles. The van der Waals surface area contributed by atoms with Crippen LogP contribution < -0.4 is 10.4 Å². The minimum Gasteiger partial charge on any atom is -0.451 e. The van der Waals surface area contributed by atoms with Crippen LogP contribution in [0, 0.1) is 0 Å². The minimum atomic E-state index is -2.54. The standard InChI is InChI=1S/C36H48O3Si2/c1-28(33(27-38-40(9,10)35(3,4)5)39-34(37)30-20-14-11-15-21-30)26-29(2)41(36(6,7)8,31-22-16-12-17-23-31)32-24-18-13-19-25-32/h11-25,33H,27H2,1-10H3/t26?,33-/m0/s1. The number of hydrogen-bond acceptors (Lipinski definition) is 3. The van der Waals surface area contributed by atoms with E-state index in [0.29, 0.717) is 12.2 Å². The first kappa shape index (κ1) is 32.6. The maximum Gasteiger partial charge on any atom is 0.338 e. The smallest absolute Gasteiger partial charge is 0.338 e. The van der Waals surface area contributed by atoms with Crippen LogP contribution >= 0.6 is 0 Å². The van der Waals surface area contributed by atoms with Crippen molar-refractivity contribution in [3.8, 4) is 0 Å². The summed E-state index contributed by atoms with van der Waals surface area (Å²) in [4.78, 5) is 13.3. The summed E-state index contributed by atoms with van der Waals surface area (Å²) in [6.45, 7) is 22.7. The van der Waals surface area contributed by atoms with E-state index in [9.17, 15) is 4.79 Å². The number of carbonyl (C=O) groups is 1.